The first-order valence-corrected chi connectivity index (χ1v) is 4.56. The SMILES string of the molecule is OB(O)c1cnc(OCC2CC2)nc1. The highest BCUT2D eigenvalue weighted by Crippen LogP contribution is 2.28. The standard InChI is InChI=1S/C8H11BN2O3/c12-9(13)7-3-10-8(11-4-7)14-5-6-1-2-6/h3-4,6,12-13H,1-2,5H2. The molecule has 5 nitrogen and oxygen atoms in total. The van der Waals surface area contributed by atoms with Crippen LogP contribution in [-0.2, 0) is 0 Å². The first-order chi connectivity index (χ1) is 6.75. The minimum atomic E-state index is -1.52. The van der Waals surface area contributed by atoms with Gasteiger partial charge in [-0.25, -0.2) is 9.97 Å². The van der Waals surface area contributed by atoms with Crippen LogP contribution in [-0.4, -0.2) is 33.7 Å². The maximum atomic E-state index is 8.78. The Bertz CT molecular complexity index is 300. The van der Waals surface area contributed by atoms with E-state index in [9.17, 15) is 0 Å². The predicted molar refractivity (Wildman–Crippen MR) is 50.1 cm³/mol. The highest BCUT2D eigenvalue weighted by atomic mass is 16.5. The van der Waals surface area contributed by atoms with E-state index in [2.05, 4.69) is 9.97 Å². The van der Waals surface area contributed by atoms with Gasteiger partial charge in [0.1, 0.15) is 0 Å². The fraction of sp³-hybridized carbons (Fsp3) is 0.500. The normalized spacial score (nSPS) is 15.3. The molecule has 0 saturated heterocycles. The first kappa shape index (κ1) is 9.42. The molecule has 2 rings (SSSR count). The van der Waals surface area contributed by atoms with E-state index in [4.69, 9.17) is 14.8 Å². The van der Waals surface area contributed by atoms with Crippen LogP contribution in [0.4, 0.5) is 0 Å². The topological polar surface area (TPSA) is 75.5 Å². The van der Waals surface area contributed by atoms with Gasteiger partial charge in [-0.05, 0) is 18.8 Å². The van der Waals surface area contributed by atoms with E-state index in [-0.39, 0.29) is 5.46 Å². The number of aromatic nitrogens is 2. The van der Waals surface area contributed by atoms with Crippen molar-refractivity contribution < 1.29 is 14.8 Å². The van der Waals surface area contributed by atoms with Crippen LogP contribution < -0.4 is 10.2 Å². The van der Waals surface area contributed by atoms with Crippen molar-refractivity contribution in [2.75, 3.05) is 6.61 Å². The van der Waals surface area contributed by atoms with Crippen molar-refractivity contribution in [3.8, 4) is 6.01 Å². The van der Waals surface area contributed by atoms with Crippen LogP contribution in [0.2, 0.25) is 0 Å². The lowest BCUT2D eigenvalue weighted by Gasteiger charge is -2.03. The number of rotatable bonds is 4. The summed E-state index contributed by atoms with van der Waals surface area (Å²) in [5, 5.41) is 17.6. The van der Waals surface area contributed by atoms with Crippen LogP contribution in [0.25, 0.3) is 0 Å². The predicted octanol–water partition coefficient (Wildman–Crippen LogP) is -1.05. The Morgan fingerprint density at radius 2 is 2.00 bits per heavy atom. The summed E-state index contributed by atoms with van der Waals surface area (Å²) in [6.07, 6.45) is 5.13. The maximum absolute atomic E-state index is 8.78. The van der Waals surface area contributed by atoms with Crippen LogP contribution in [0.15, 0.2) is 12.4 Å². The van der Waals surface area contributed by atoms with Gasteiger partial charge < -0.3 is 14.8 Å². The molecule has 1 aromatic rings. The number of hydrogen-bond donors (Lipinski definition) is 2. The minimum Gasteiger partial charge on any atom is -0.463 e. The average molecular weight is 194 g/mol. The third-order valence-corrected chi connectivity index (χ3v) is 2.09. The van der Waals surface area contributed by atoms with Gasteiger partial charge >= 0.3 is 13.1 Å². The van der Waals surface area contributed by atoms with Crippen molar-refractivity contribution in [3.05, 3.63) is 12.4 Å². The lowest BCUT2D eigenvalue weighted by molar-refractivity contribution is 0.276. The molecule has 1 heterocycles. The minimum absolute atomic E-state index is 0.267. The van der Waals surface area contributed by atoms with E-state index in [1.807, 2.05) is 0 Å². The van der Waals surface area contributed by atoms with E-state index in [1.165, 1.54) is 25.2 Å². The van der Waals surface area contributed by atoms with Gasteiger partial charge in [0.05, 0.1) is 6.61 Å². The molecule has 1 aliphatic carbocycles. The molecule has 1 aliphatic rings. The van der Waals surface area contributed by atoms with Crippen LogP contribution in [0.3, 0.4) is 0 Å². The van der Waals surface area contributed by atoms with Gasteiger partial charge in [0.15, 0.2) is 0 Å². The van der Waals surface area contributed by atoms with Gasteiger partial charge in [-0.3, -0.25) is 0 Å². The van der Waals surface area contributed by atoms with E-state index in [0.717, 1.165) is 0 Å². The Morgan fingerprint density at radius 3 is 2.50 bits per heavy atom. The van der Waals surface area contributed by atoms with Crippen molar-refractivity contribution in [3.63, 3.8) is 0 Å². The molecule has 0 radical (unpaired) electrons. The molecular weight excluding hydrogens is 183 g/mol. The van der Waals surface area contributed by atoms with Gasteiger partial charge in [-0.2, -0.15) is 0 Å². The molecule has 14 heavy (non-hydrogen) atoms. The van der Waals surface area contributed by atoms with Gasteiger partial charge in [-0.1, -0.05) is 0 Å². The second-order valence-corrected chi connectivity index (χ2v) is 3.43. The second kappa shape index (κ2) is 3.94. The molecule has 0 unspecified atom stereocenters. The molecule has 0 spiro atoms. The van der Waals surface area contributed by atoms with Crippen LogP contribution in [0.1, 0.15) is 12.8 Å². The lowest BCUT2D eigenvalue weighted by Crippen LogP contribution is -2.30. The summed E-state index contributed by atoms with van der Waals surface area (Å²) in [6, 6.07) is 0.293. The molecule has 0 aromatic carbocycles. The van der Waals surface area contributed by atoms with E-state index < -0.39 is 7.12 Å². The van der Waals surface area contributed by atoms with Gasteiger partial charge in [0.25, 0.3) is 0 Å². The summed E-state index contributed by atoms with van der Waals surface area (Å²) in [5.41, 5.74) is 0.267. The van der Waals surface area contributed by atoms with Crippen molar-refractivity contribution in [2.45, 2.75) is 12.8 Å². The monoisotopic (exact) mass is 194 g/mol. The Kier molecular flexibility index (Phi) is 2.65. The molecule has 1 saturated carbocycles. The first-order valence-electron chi connectivity index (χ1n) is 4.56. The number of hydrogen-bond acceptors (Lipinski definition) is 5. The third kappa shape index (κ3) is 2.43. The van der Waals surface area contributed by atoms with Crippen molar-refractivity contribution in [2.24, 2.45) is 5.92 Å². The van der Waals surface area contributed by atoms with Gasteiger partial charge in [0, 0.05) is 17.9 Å². The largest absolute Gasteiger partial charge is 0.491 e. The zero-order chi connectivity index (χ0) is 9.97. The highest BCUT2D eigenvalue weighted by molar-refractivity contribution is 6.58. The maximum Gasteiger partial charge on any atom is 0.491 e. The van der Waals surface area contributed by atoms with Gasteiger partial charge in [-0.15, -0.1) is 0 Å². The smallest absolute Gasteiger partial charge is 0.463 e. The van der Waals surface area contributed by atoms with Crippen molar-refractivity contribution >= 4 is 12.6 Å². The molecule has 1 aromatic heterocycles. The summed E-state index contributed by atoms with van der Waals surface area (Å²) >= 11 is 0. The molecule has 0 aliphatic heterocycles. The number of nitrogens with zero attached hydrogens (tertiary/aromatic N) is 2. The molecule has 0 bridgehead atoms. The summed E-state index contributed by atoms with van der Waals surface area (Å²) in [4.78, 5) is 7.69. The van der Waals surface area contributed by atoms with E-state index in [0.29, 0.717) is 18.5 Å². The Labute approximate surface area is 81.9 Å². The van der Waals surface area contributed by atoms with E-state index >= 15 is 0 Å². The third-order valence-electron chi connectivity index (χ3n) is 2.09. The summed E-state index contributed by atoms with van der Waals surface area (Å²) in [6.45, 7) is 0.654. The molecule has 2 N–H and O–H groups in total. The molecule has 1 fully saturated rings. The Morgan fingerprint density at radius 1 is 1.36 bits per heavy atom. The zero-order valence-corrected chi connectivity index (χ0v) is 7.63. The molecule has 74 valence electrons. The van der Waals surface area contributed by atoms with Crippen LogP contribution >= 0.6 is 0 Å². The van der Waals surface area contributed by atoms with Crippen LogP contribution in [0, 0.1) is 5.92 Å². The van der Waals surface area contributed by atoms with Crippen LogP contribution in [0.5, 0.6) is 6.01 Å². The average Bonchev–Trinajstić information content (AvgIpc) is 2.99. The van der Waals surface area contributed by atoms with Gasteiger partial charge in [0.2, 0.25) is 0 Å². The fourth-order valence-electron chi connectivity index (χ4n) is 1.01. The zero-order valence-electron chi connectivity index (χ0n) is 7.63. The molecule has 0 atom stereocenters. The fourth-order valence-corrected chi connectivity index (χ4v) is 1.01. The Hall–Kier alpha value is -1.14. The second-order valence-electron chi connectivity index (χ2n) is 3.43. The summed E-state index contributed by atoms with van der Waals surface area (Å²) in [5.74, 6) is 0.654. The van der Waals surface area contributed by atoms with Crippen molar-refractivity contribution in [1.29, 1.82) is 0 Å². The molecule has 0 amide bonds. The summed E-state index contributed by atoms with van der Waals surface area (Å²) in [7, 11) is -1.52. The lowest BCUT2D eigenvalue weighted by atomic mass is 9.83. The Balaban J connectivity index is 1.91. The quantitative estimate of drug-likeness (QED) is 0.597. The molecule has 6 heteroatoms. The highest BCUT2D eigenvalue weighted by Gasteiger charge is 2.22. The number of ether oxygens (including phenoxy) is 1. The van der Waals surface area contributed by atoms with E-state index in [1.54, 1.807) is 0 Å². The van der Waals surface area contributed by atoms with Crippen molar-refractivity contribution in [1.82, 2.24) is 9.97 Å². The summed E-state index contributed by atoms with van der Waals surface area (Å²) < 4.78 is 5.28. The molecular formula is C8H11BN2O3.